The van der Waals surface area contributed by atoms with E-state index in [0.29, 0.717) is 24.7 Å². The number of ether oxygens (including phenoxy) is 1. The van der Waals surface area contributed by atoms with Gasteiger partial charge in [-0.15, -0.1) is 0 Å². The van der Waals surface area contributed by atoms with E-state index in [1.807, 2.05) is 4.90 Å². The molecular weight excluding hydrogens is 230 g/mol. The molecule has 5 nitrogen and oxygen atoms in total. The minimum absolute atomic E-state index is 0.0384. The molecule has 1 aliphatic rings. The summed E-state index contributed by atoms with van der Waals surface area (Å²) in [5.74, 6) is 0.429. The lowest BCUT2D eigenvalue weighted by molar-refractivity contribution is 0.0645. The van der Waals surface area contributed by atoms with Crippen molar-refractivity contribution in [2.45, 2.75) is 19.4 Å². The maximum Gasteiger partial charge on any atom is 0.272 e. The van der Waals surface area contributed by atoms with Crippen LogP contribution in [-0.2, 0) is 0 Å². The largest absolute Gasteiger partial charge is 0.481 e. The summed E-state index contributed by atoms with van der Waals surface area (Å²) in [6.07, 6.45) is 0. The highest BCUT2D eigenvalue weighted by molar-refractivity contribution is 5.92. The minimum atomic E-state index is -0.0488. The van der Waals surface area contributed by atoms with Gasteiger partial charge in [-0.2, -0.15) is 0 Å². The quantitative estimate of drug-likeness (QED) is 0.846. The molecule has 0 aliphatic carbocycles. The van der Waals surface area contributed by atoms with E-state index >= 15 is 0 Å². The van der Waals surface area contributed by atoms with Crippen molar-refractivity contribution in [2.75, 3.05) is 26.7 Å². The maximum atomic E-state index is 12.3. The van der Waals surface area contributed by atoms with Gasteiger partial charge in [0.1, 0.15) is 5.69 Å². The molecule has 0 radical (unpaired) electrons. The molecule has 18 heavy (non-hydrogen) atoms. The Bertz CT molecular complexity index is 446. The van der Waals surface area contributed by atoms with E-state index in [0.717, 1.165) is 6.54 Å². The van der Waals surface area contributed by atoms with Gasteiger partial charge in [-0.1, -0.05) is 6.07 Å². The van der Waals surface area contributed by atoms with Crippen LogP contribution in [0.25, 0.3) is 0 Å². The van der Waals surface area contributed by atoms with Gasteiger partial charge in [-0.3, -0.25) is 4.79 Å². The third kappa shape index (κ3) is 2.79. The highest BCUT2D eigenvalue weighted by Crippen LogP contribution is 2.14. The molecular formula is C13H19N3O2. The molecule has 1 aliphatic heterocycles. The number of nitrogens with one attached hydrogen (secondary N) is 1. The molecule has 1 aromatic rings. The summed E-state index contributed by atoms with van der Waals surface area (Å²) < 4.78 is 5.04. The number of hydrogen-bond acceptors (Lipinski definition) is 4. The Morgan fingerprint density at radius 2 is 2.28 bits per heavy atom. The number of piperazine rings is 1. The van der Waals surface area contributed by atoms with E-state index in [9.17, 15) is 4.79 Å². The first kappa shape index (κ1) is 12.8. The number of aromatic nitrogens is 1. The highest BCUT2D eigenvalue weighted by atomic mass is 16.5. The van der Waals surface area contributed by atoms with Gasteiger partial charge in [0.2, 0.25) is 5.88 Å². The predicted molar refractivity (Wildman–Crippen MR) is 68.8 cm³/mol. The lowest BCUT2D eigenvalue weighted by atomic mass is 10.0. The molecule has 0 unspecified atom stereocenters. The van der Waals surface area contributed by atoms with Gasteiger partial charge in [-0.25, -0.2) is 4.98 Å². The second kappa shape index (κ2) is 4.94. The number of carbonyl (C=O) groups excluding carboxylic acids is 1. The third-order valence-corrected chi connectivity index (χ3v) is 3.01. The SMILES string of the molecule is COc1cccc(C(=O)N2CCNC(C)(C)C2)n1. The zero-order valence-electron chi connectivity index (χ0n) is 11.1. The van der Waals surface area contributed by atoms with Crippen molar-refractivity contribution in [3.63, 3.8) is 0 Å². The molecule has 5 heteroatoms. The monoisotopic (exact) mass is 249 g/mol. The molecule has 1 amide bonds. The maximum absolute atomic E-state index is 12.3. The first-order chi connectivity index (χ1) is 8.52. The van der Waals surface area contributed by atoms with Crippen LogP contribution in [0.3, 0.4) is 0 Å². The summed E-state index contributed by atoms with van der Waals surface area (Å²) in [4.78, 5) is 18.3. The number of carbonyl (C=O) groups is 1. The van der Waals surface area contributed by atoms with Crippen molar-refractivity contribution in [1.29, 1.82) is 0 Å². The van der Waals surface area contributed by atoms with Crippen LogP contribution in [0.1, 0.15) is 24.3 Å². The number of pyridine rings is 1. The molecule has 0 aromatic carbocycles. The van der Waals surface area contributed by atoms with Crippen LogP contribution < -0.4 is 10.1 Å². The van der Waals surface area contributed by atoms with E-state index in [4.69, 9.17) is 4.74 Å². The van der Waals surface area contributed by atoms with Gasteiger partial charge in [0, 0.05) is 31.2 Å². The van der Waals surface area contributed by atoms with Gasteiger partial charge in [0.05, 0.1) is 7.11 Å². The number of rotatable bonds is 2. The predicted octanol–water partition coefficient (Wildman–Crippen LogP) is 0.914. The molecule has 1 saturated heterocycles. The van der Waals surface area contributed by atoms with Crippen LogP contribution in [0.4, 0.5) is 0 Å². The Kier molecular flexibility index (Phi) is 3.52. The van der Waals surface area contributed by atoms with Gasteiger partial charge in [-0.05, 0) is 19.9 Å². The van der Waals surface area contributed by atoms with Crippen LogP contribution in [0.2, 0.25) is 0 Å². The Labute approximate surface area is 107 Å². The Morgan fingerprint density at radius 1 is 1.50 bits per heavy atom. The molecule has 0 saturated carbocycles. The van der Waals surface area contributed by atoms with E-state index in [1.165, 1.54) is 0 Å². The Hall–Kier alpha value is -1.62. The van der Waals surface area contributed by atoms with Crippen LogP contribution >= 0.6 is 0 Å². The fourth-order valence-electron chi connectivity index (χ4n) is 2.12. The van der Waals surface area contributed by atoms with E-state index in [-0.39, 0.29) is 11.4 Å². The molecule has 0 spiro atoms. The van der Waals surface area contributed by atoms with Gasteiger partial charge < -0.3 is 15.0 Å². The summed E-state index contributed by atoms with van der Waals surface area (Å²) in [7, 11) is 1.55. The van der Waals surface area contributed by atoms with Crippen molar-refractivity contribution >= 4 is 5.91 Å². The number of nitrogens with zero attached hydrogens (tertiary/aromatic N) is 2. The number of amides is 1. The minimum Gasteiger partial charge on any atom is -0.481 e. The van der Waals surface area contributed by atoms with Crippen molar-refractivity contribution in [2.24, 2.45) is 0 Å². The summed E-state index contributed by atoms with van der Waals surface area (Å²) in [6.45, 7) is 6.38. The van der Waals surface area contributed by atoms with Gasteiger partial charge in [0.15, 0.2) is 0 Å². The second-order valence-electron chi connectivity index (χ2n) is 5.10. The Morgan fingerprint density at radius 3 is 2.94 bits per heavy atom. The first-order valence-electron chi connectivity index (χ1n) is 6.07. The zero-order chi connectivity index (χ0) is 13.2. The summed E-state index contributed by atoms with van der Waals surface area (Å²) >= 11 is 0. The Balaban J connectivity index is 2.15. The topological polar surface area (TPSA) is 54.5 Å². The van der Waals surface area contributed by atoms with Crippen molar-refractivity contribution in [3.8, 4) is 5.88 Å². The average molecular weight is 249 g/mol. The summed E-state index contributed by atoms with van der Waals surface area (Å²) in [5.41, 5.74) is 0.388. The lowest BCUT2D eigenvalue weighted by Gasteiger charge is -2.38. The standard InChI is InChI=1S/C13H19N3O2/c1-13(2)9-16(8-7-14-13)12(17)10-5-4-6-11(15-10)18-3/h4-6,14H,7-9H2,1-3H3. The smallest absolute Gasteiger partial charge is 0.272 e. The summed E-state index contributed by atoms with van der Waals surface area (Å²) in [5, 5.41) is 3.38. The van der Waals surface area contributed by atoms with E-state index in [1.54, 1.807) is 25.3 Å². The van der Waals surface area contributed by atoms with E-state index < -0.39 is 0 Å². The fraction of sp³-hybridized carbons (Fsp3) is 0.538. The average Bonchev–Trinajstić information content (AvgIpc) is 2.37. The van der Waals surface area contributed by atoms with Crippen LogP contribution in [0.15, 0.2) is 18.2 Å². The zero-order valence-corrected chi connectivity index (χ0v) is 11.1. The van der Waals surface area contributed by atoms with Gasteiger partial charge in [0.25, 0.3) is 5.91 Å². The van der Waals surface area contributed by atoms with Crippen molar-refractivity contribution in [3.05, 3.63) is 23.9 Å². The molecule has 1 aromatic heterocycles. The summed E-state index contributed by atoms with van der Waals surface area (Å²) in [6, 6.07) is 5.24. The molecule has 1 N–H and O–H groups in total. The number of methoxy groups -OCH3 is 1. The van der Waals surface area contributed by atoms with Crippen LogP contribution in [-0.4, -0.2) is 48.1 Å². The third-order valence-electron chi connectivity index (χ3n) is 3.01. The first-order valence-corrected chi connectivity index (χ1v) is 6.07. The normalized spacial score (nSPS) is 18.5. The molecule has 0 bridgehead atoms. The fourth-order valence-corrected chi connectivity index (χ4v) is 2.12. The van der Waals surface area contributed by atoms with E-state index in [2.05, 4.69) is 24.1 Å². The van der Waals surface area contributed by atoms with Crippen molar-refractivity contribution in [1.82, 2.24) is 15.2 Å². The molecule has 98 valence electrons. The second-order valence-corrected chi connectivity index (χ2v) is 5.10. The van der Waals surface area contributed by atoms with Crippen LogP contribution in [0.5, 0.6) is 5.88 Å². The highest BCUT2D eigenvalue weighted by Gasteiger charge is 2.29. The van der Waals surface area contributed by atoms with Gasteiger partial charge >= 0.3 is 0 Å². The molecule has 1 fully saturated rings. The molecule has 2 rings (SSSR count). The van der Waals surface area contributed by atoms with Crippen molar-refractivity contribution < 1.29 is 9.53 Å². The molecule has 0 atom stereocenters. The lowest BCUT2D eigenvalue weighted by Crippen LogP contribution is -2.58. The number of hydrogen-bond donors (Lipinski definition) is 1. The molecule has 2 heterocycles. The van der Waals surface area contributed by atoms with Crippen LogP contribution in [0, 0.1) is 0 Å².